The molecule has 36 heavy (non-hydrogen) atoms. The van der Waals surface area contributed by atoms with Crippen LogP contribution in [0, 0.1) is 17.6 Å². The summed E-state index contributed by atoms with van der Waals surface area (Å²) in [6, 6.07) is 8.45. The molecule has 0 N–H and O–H groups in total. The molecule has 0 amide bonds. The van der Waals surface area contributed by atoms with E-state index in [1.165, 1.54) is 19.2 Å². The van der Waals surface area contributed by atoms with Gasteiger partial charge in [0.2, 0.25) is 5.82 Å². The lowest BCUT2D eigenvalue weighted by molar-refractivity contribution is -0.157. The van der Waals surface area contributed by atoms with Crippen molar-refractivity contribution in [1.82, 2.24) is 0 Å². The zero-order chi connectivity index (χ0) is 26.1. The van der Waals surface area contributed by atoms with Crippen LogP contribution in [0.2, 0.25) is 0 Å². The zero-order valence-electron chi connectivity index (χ0n) is 20.4. The first-order valence-corrected chi connectivity index (χ1v) is 12.1. The minimum absolute atomic E-state index is 0.149. The van der Waals surface area contributed by atoms with Crippen LogP contribution < -0.4 is 14.2 Å². The quantitative estimate of drug-likeness (QED) is 0.266. The Morgan fingerprint density at radius 2 is 1.64 bits per heavy atom. The Bertz CT molecular complexity index is 1020. The first-order chi connectivity index (χ1) is 17.3. The second kappa shape index (κ2) is 13.2. The third-order valence-electron chi connectivity index (χ3n) is 6.15. The molecule has 2 aromatic rings. The number of halogens is 3. The van der Waals surface area contributed by atoms with Crippen molar-refractivity contribution in [2.24, 2.45) is 5.92 Å². The SMILES string of the molecule is CCCC[C@H](F)C(=O)O[C@H]1CC[C@H](COc2ccc(OC(=O)c3ccc(OC)c(F)c3F)cc2)CC1. The number of alkyl halides is 1. The van der Waals surface area contributed by atoms with Crippen molar-refractivity contribution in [3.63, 3.8) is 0 Å². The fourth-order valence-corrected chi connectivity index (χ4v) is 3.98. The Morgan fingerprint density at radius 3 is 2.28 bits per heavy atom. The number of rotatable bonds is 11. The van der Waals surface area contributed by atoms with Gasteiger partial charge in [-0.25, -0.2) is 18.4 Å². The summed E-state index contributed by atoms with van der Waals surface area (Å²) < 4.78 is 62.7. The maximum atomic E-state index is 14.1. The molecular weight excluding hydrogens is 477 g/mol. The van der Waals surface area contributed by atoms with Crippen molar-refractivity contribution in [2.45, 2.75) is 64.1 Å². The van der Waals surface area contributed by atoms with Gasteiger partial charge in [-0.1, -0.05) is 19.8 Å². The van der Waals surface area contributed by atoms with Crippen LogP contribution in [-0.2, 0) is 9.53 Å². The molecule has 0 heterocycles. The Hall–Kier alpha value is -3.23. The predicted molar refractivity (Wildman–Crippen MR) is 126 cm³/mol. The number of carbonyl (C=O) groups is 2. The molecule has 9 heteroatoms. The lowest BCUT2D eigenvalue weighted by Crippen LogP contribution is -2.30. The number of hydrogen-bond donors (Lipinski definition) is 0. The van der Waals surface area contributed by atoms with E-state index in [2.05, 4.69) is 4.74 Å². The van der Waals surface area contributed by atoms with E-state index in [-0.39, 0.29) is 29.9 Å². The number of ether oxygens (including phenoxy) is 4. The number of unbranched alkanes of at least 4 members (excludes halogenated alkanes) is 1. The molecule has 196 valence electrons. The maximum Gasteiger partial charge on any atom is 0.346 e. The average Bonchev–Trinajstić information content (AvgIpc) is 2.89. The van der Waals surface area contributed by atoms with Gasteiger partial charge >= 0.3 is 11.9 Å². The van der Waals surface area contributed by atoms with Crippen molar-refractivity contribution in [3.05, 3.63) is 53.6 Å². The van der Waals surface area contributed by atoms with E-state index in [0.717, 1.165) is 31.4 Å². The number of carbonyl (C=O) groups excluding carboxylic acids is 2. The molecule has 1 fully saturated rings. The summed E-state index contributed by atoms with van der Waals surface area (Å²) in [5.41, 5.74) is -0.544. The van der Waals surface area contributed by atoms with E-state index in [1.54, 1.807) is 12.1 Å². The van der Waals surface area contributed by atoms with E-state index in [1.807, 2.05) is 6.92 Å². The Kier molecular flexibility index (Phi) is 10.0. The van der Waals surface area contributed by atoms with Gasteiger partial charge in [0.1, 0.15) is 17.6 Å². The van der Waals surface area contributed by atoms with Crippen molar-refractivity contribution < 1.29 is 41.7 Å². The van der Waals surface area contributed by atoms with E-state index < -0.39 is 35.3 Å². The second-order valence-corrected chi connectivity index (χ2v) is 8.80. The molecule has 1 saturated carbocycles. The lowest BCUT2D eigenvalue weighted by Gasteiger charge is -2.28. The standard InChI is InChI=1S/C27H31F3O6/c1-3-4-5-22(28)27(32)36-19-8-6-17(7-9-19)16-34-18-10-12-20(13-11-18)35-26(31)21-14-15-23(33-2)25(30)24(21)29/h10-15,17,19,22H,3-9,16H2,1-2H3/t17-,19-,22-/m0/s1. The molecular formula is C27H31F3O6. The Labute approximate surface area is 208 Å². The molecule has 1 aliphatic rings. The fourth-order valence-electron chi connectivity index (χ4n) is 3.98. The van der Waals surface area contributed by atoms with Gasteiger partial charge in [0.05, 0.1) is 19.3 Å². The number of hydrogen-bond acceptors (Lipinski definition) is 6. The summed E-state index contributed by atoms with van der Waals surface area (Å²) in [5, 5.41) is 0. The first-order valence-electron chi connectivity index (χ1n) is 12.1. The van der Waals surface area contributed by atoms with Gasteiger partial charge in [0.25, 0.3) is 0 Å². The summed E-state index contributed by atoms with van der Waals surface area (Å²) in [6.07, 6.45) is 2.80. The highest BCUT2D eigenvalue weighted by Crippen LogP contribution is 2.29. The monoisotopic (exact) mass is 508 g/mol. The number of esters is 2. The van der Waals surface area contributed by atoms with Crippen molar-refractivity contribution in [1.29, 1.82) is 0 Å². The van der Waals surface area contributed by atoms with Gasteiger partial charge in [0, 0.05) is 0 Å². The highest BCUT2D eigenvalue weighted by molar-refractivity contribution is 5.91. The molecule has 2 aromatic carbocycles. The molecule has 1 atom stereocenters. The molecule has 0 aliphatic heterocycles. The van der Waals surface area contributed by atoms with Crippen LogP contribution in [0.25, 0.3) is 0 Å². The Balaban J connectivity index is 1.42. The maximum absolute atomic E-state index is 14.1. The normalized spacial score (nSPS) is 18.2. The van der Waals surface area contributed by atoms with Crippen LogP contribution in [-0.4, -0.2) is 37.9 Å². The highest BCUT2D eigenvalue weighted by atomic mass is 19.2. The van der Waals surface area contributed by atoms with Crippen LogP contribution in [0.3, 0.4) is 0 Å². The molecule has 6 nitrogen and oxygen atoms in total. The summed E-state index contributed by atoms with van der Waals surface area (Å²) in [5.74, 6) is -3.74. The summed E-state index contributed by atoms with van der Waals surface area (Å²) in [6.45, 7) is 2.40. The predicted octanol–water partition coefficient (Wildman–Crippen LogP) is 6.20. The van der Waals surface area contributed by atoms with Crippen molar-refractivity contribution >= 4 is 11.9 Å². The van der Waals surface area contributed by atoms with Gasteiger partial charge in [0.15, 0.2) is 17.7 Å². The number of benzene rings is 2. The summed E-state index contributed by atoms with van der Waals surface area (Å²) in [7, 11) is 1.19. The minimum atomic E-state index is -1.55. The Morgan fingerprint density at radius 1 is 0.972 bits per heavy atom. The van der Waals surface area contributed by atoms with Gasteiger partial charge < -0.3 is 18.9 Å². The third kappa shape index (κ3) is 7.38. The van der Waals surface area contributed by atoms with E-state index >= 15 is 0 Å². The fraction of sp³-hybridized carbons (Fsp3) is 0.481. The molecule has 0 spiro atoms. The number of methoxy groups -OCH3 is 1. The average molecular weight is 509 g/mol. The zero-order valence-corrected chi connectivity index (χ0v) is 20.4. The van der Waals surface area contributed by atoms with Gasteiger partial charge in [-0.05, 0) is 74.4 Å². The van der Waals surface area contributed by atoms with Gasteiger partial charge in [-0.3, -0.25) is 0 Å². The second-order valence-electron chi connectivity index (χ2n) is 8.80. The van der Waals surface area contributed by atoms with Crippen LogP contribution in [0.15, 0.2) is 36.4 Å². The first kappa shape index (κ1) is 27.4. The van der Waals surface area contributed by atoms with Crippen molar-refractivity contribution in [2.75, 3.05) is 13.7 Å². The van der Waals surface area contributed by atoms with Crippen LogP contribution in [0.1, 0.15) is 62.2 Å². The summed E-state index contributed by atoms with van der Waals surface area (Å²) in [4.78, 5) is 24.1. The van der Waals surface area contributed by atoms with Gasteiger partial charge in [-0.2, -0.15) is 4.39 Å². The molecule has 0 bridgehead atoms. The molecule has 0 radical (unpaired) electrons. The highest BCUT2D eigenvalue weighted by Gasteiger charge is 2.27. The molecule has 0 saturated heterocycles. The summed E-state index contributed by atoms with van der Waals surface area (Å²) >= 11 is 0. The third-order valence-corrected chi connectivity index (χ3v) is 6.15. The molecule has 1 aliphatic carbocycles. The minimum Gasteiger partial charge on any atom is -0.494 e. The van der Waals surface area contributed by atoms with E-state index in [4.69, 9.17) is 14.2 Å². The smallest absolute Gasteiger partial charge is 0.346 e. The molecule has 0 aromatic heterocycles. The van der Waals surface area contributed by atoms with Crippen molar-refractivity contribution in [3.8, 4) is 17.2 Å². The lowest BCUT2D eigenvalue weighted by atomic mass is 9.88. The van der Waals surface area contributed by atoms with Gasteiger partial charge in [-0.15, -0.1) is 0 Å². The van der Waals surface area contributed by atoms with Crippen LogP contribution >= 0.6 is 0 Å². The topological polar surface area (TPSA) is 71.1 Å². The van der Waals surface area contributed by atoms with Crippen LogP contribution in [0.5, 0.6) is 17.2 Å². The van der Waals surface area contributed by atoms with E-state index in [9.17, 15) is 22.8 Å². The molecule has 3 rings (SSSR count). The van der Waals surface area contributed by atoms with Crippen LogP contribution in [0.4, 0.5) is 13.2 Å². The van der Waals surface area contributed by atoms with E-state index in [0.29, 0.717) is 31.6 Å². The molecule has 0 unspecified atom stereocenters. The largest absolute Gasteiger partial charge is 0.494 e.